The number of allylic oxidation sites excluding steroid dienone is 1. The van der Waals surface area contributed by atoms with E-state index in [1.165, 1.54) is 13.0 Å². The van der Waals surface area contributed by atoms with Gasteiger partial charge in [-0.05, 0) is 45.9 Å². The average Bonchev–Trinajstić information content (AvgIpc) is 2.62. The Labute approximate surface area is 161 Å². The topological polar surface area (TPSA) is 92.0 Å². The second-order valence-electron chi connectivity index (χ2n) is 7.18. The van der Waals surface area contributed by atoms with Gasteiger partial charge in [-0.2, -0.15) is 0 Å². The SMILES string of the molecule is C/C=C(\C)C(=O)O[C@@H]1c2c(ccc3ccc(=O)oc23)OC(C)(C)[C@H]1OC(C)=O. The Bertz CT molecular complexity index is 1030. The van der Waals surface area contributed by atoms with Crippen LogP contribution in [0.4, 0.5) is 0 Å². The fourth-order valence-corrected chi connectivity index (χ4v) is 3.18. The first kappa shape index (κ1) is 19.7. The van der Waals surface area contributed by atoms with Crippen LogP contribution in [0.1, 0.15) is 46.3 Å². The number of ether oxygens (including phenoxy) is 3. The molecule has 0 N–H and O–H groups in total. The van der Waals surface area contributed by atoms with Crippen LogP contribution in [-0.4, -0.2) is 23.6 Å². The van der Waals surface area contributed by atoms with Crippen LogP contribution >= 0.6 is 0 Å². The minimum atomic E-state index is -1.01. The van der Waals surface area contributed by atoms with E-state index < -0.39 is 35.4 Å². The Morgan fingerprint density at radius 1 is 1.11 bits per heavy atom. The van der Waals surface area contributed by atoms with Crippen LogP contribution in [0.5, 0.6) is 5.75 Å². The third-order valence-electron chi connectivity index (χ3n) is 4.69. The van der Waals surface area contributed by atoms with Crippen molar-refractivity contribution < 1.29 is 28.2 Å². The van der Waals surface area contributed by atoms with Crippen LogP contribution in [0.25, 0.3) is 11.0 Å². The van der Waals surface area contributed by atoms with Crippen LogP contribution in [0.15, 0.2) is 45.1 Å². The van der Waals surface area contributed by atoms with E-state index in [-0.39, 0.29) is 5.58 Å². The zero-order chi connectivity index (χ0) is 20.6. The molecule has 0 amide bonds. The van der Waals surface area contributed by atoms with Gasteiger partial charge in [-0.25, -0.2) is 9.59 Å². The Morgan fingerprint density at radius 3 is 2.43 bits per heavy atom. The predicted molar refractivity (Wildman–Crippen MR) is 101 cm³/mol. The number of carbonyl (C=O) groups is 2. The van der Waals surface area contributed by atoms with Crippen molar-refractivity contribution >= 4 is 22.9 Å². The molecule has 1 aliphatic rings. The summed E-state index contributed by atoms with van der Waals surface area (Å²) in [5.74, 6) is -0.717. The van der Waals surface area contributed by atoms with Crippen molar-refractivity contribution in [3.8, 4) is 5.75 Å². The maximum atomic E-state index is 12.5. The largest absolute Gasteiger partial charge is 0.483 e. The minimum Gasteiger partial charge on any atom is -0.483 e. The normalized spacial score (nSPS) is 20.8. The molecule has 7 nitrogen and oxygen atoms in total. The quantitative estimate of drug-likeness (QED) is 0.453. The lowest BCUT2D eigenvalue weighted by Crippen LogP contribution is -2.52. The lowest BCUT2D eigenvalue weighted by molar-refractivity contribution is -0.186. The van der Waals surface area contributed by atoms with Gasteiger partial charge in [-0.1, -0.05) is 6.08 Å². The fraction of sp³-hybridized carbons (Fsp3) is 0.381. The molecule has 0 saturated heterocycles. The van der Waals surface area contributed by atoms with Gasteiger partial charge < -0.3 is 18.6 Å². The van der Waals surface area contributed by atoms with Crippen molar-refractivity contribution in [3.05, 3.63) is 51.9 Å². The van der Waals surface area contributed by atoms with E-state index in [4.69, 9.17) is 18.6 Å². The van der Waals surface area contributed by atoms with Gasteiger partial charge in [0.25, 0.3) is 0 Å². The van der Waals surface area contributed by atoms with E-state index in [2.05, 4.69) is 0 Å². The number of esters is 2. The number of hydrogen-bond donors (Lipinski definition) is 0. The molecule has 2 aromatic rings. The third kappa shape index (κ3) is 3.52. The van der Waals surface area contributed by atoms with Crippen molar-refractivity contribution in [1.82, 2.24) is 0 Å². The standard InChI is InChI=1S/C21H22O7/c1-6-11(2)20(24)27-18-16-14(28-21(4,5)19(18)25-12(3)22)9-7-13-8-10-15(23)26-17(13)16/h6-10,18-19H,1-5H3/b11-6+/t18-,19+/m1/s1. The van der Waals surface area contributed by atoms with Crippen LogP contribution < -0.4 is 10.4 Å². The van der Waals surface area contributed by atoms with Gasteiger partial charge in [-0.15, -0.1) is 0 Å². The number of rotatable bonds is 3. The molecule has 2 heterocycles. The van der Waals surface area contributed by atoms with E-state index in [9.17, 15) is 14.4 Å². The van der Waals surface area contributed by atoms with Crippen molar-refractivity contribution in [3.63, 3.8) is 0 Å². The maximum Gasteiger partial charge on any atom is 0.336 e. The summed E-state index contributed by atoms with van der Waals surface area (Å²) in [5.41, 5.74) is -0.555. The molecule has 0 aliphatic carbocycles. The highest BCUT2D eigenvalue weighted by molar-refractivity contribution is 5.89. The predicted octanol–water partition coefficient (Wildman–Crippen LogP) is 3.45. The van der Waals surface area contributed by atoms with Crippen molar-refractivity contribution in [2.24, 2.45) is 0 Å². The van der Waals surface area contributed by atoms with E-state index in [1.807, 2.05) is 0 Å². The Kier molecular flexibility index (Phi) is 5.02. The Morgan fingerprint density at radius 2 is 1.79 bits per heavy atom. The molecular formula is C21H22O7. The third-order valence-corrected chi connectivity index (χ3v) is 4.69. The molecule has 7 heteroatoms. The minimum absolute atomic E-state index is 0.230. The molecule has 1 aliphatic heterocycles. The molecule has 1 aromatic carbocycles. The molecular weight excluding hydrogens is 364 g/mol. The summed E-state index contributed by atoms with van der Waals surface area (Å²) < 4.78 is 22.7. The Balaban J connectivity index is 2.25. The summed E-state index contributed by atoms with van der Waals surface area (Å²) in [7, 11) is 0. The maximum absolute atomic E-state index is 12.5. The van der Waals surface area contributed by atoms with Crippen molar-refractivity contribution in [2.75, 3.05) is 0 Å². The van der Waals surface area contributed by atoms with E-state index in [0.29, 0.717) is 22.3 Å². The van der Waals surface area contributed by atoms with Gasteiger partial charge in [0.15, 0.2) is 12.2 Å². The summed E-state index contributed by atoms with van der Waals surface area (Å²) in [6, 6.07) is 6.37. The van der Waals surface area contributed by atoms with Crippen LogP contribution in [0, 0.1) is 0 Å². The van der Waals surface area contributed by atoms with Gasteiger partial charge in [0, 0.05) is 23.9 Å². The summed E-state index contributed by atoms with van der Waals surface area (Å²) in [6.45, 7) is 8.08. The van der Waals surface area contributed by atoms with Gasteiger partial charge in [0.1, 0.15) is 16.9 Å². The first-order valence-corrected chi connectivity index (χ1v) is 8.91. The molecule has 1 aromatic heterocycles. The Hall–Kier alpha value is -3.09. The average molecular weight is 386 g/mol. The first-order chi connectivity index (χ1) is 13.1. The van der Waals surface area contributed by atoms with E-state index in [0.717, 1.165) is 0 Å². The molecule has 0 unspecified atom stereocenters. The number of fused-ring (bicyclic) bond motifs is 3. The van der Waals surface area contributed by atoms with Gasteiger partial charge >= 0.3 is 17.6 Å². The van der Waals surface area contributed by atoms with Gasteiger partial charge in [-0.3, -0.25) is 4.79 Å². The molecule has 148 valence electrons. The fourth-order valence-electron chi connectivity index (χ4n) is 3.18. The summed E-state index contributed by atoms with van der Waals surface area (Å²) >= 11 is 0. The lowest BCUT2D eigenvalue weighted by Gasteiger charge is -2.43. The smallest absolute Gasteiger partial charge is 0.336 e. The van der Waals surface area contributed by atoms with Crippen LogP contribution in [0.2, 0.25) is 0 Å². The molecule has 28 heavy (non-hydrogen) atoms. The molecule has 0 fully saturated rings. The number of hydrogen-bond acceptors (Lipinski definition) is 7. The molecule has 2 atom stereocenters. The first-order valence-electron chi connectivity index (χ1n) is 8.91. The monoisotopic (exact) mass is 386 g/mol. The lowest BCUT2D eigenvalue weighted by atomic mass is 9.87. The van der Waals surface area contributed by atoms with Crippen LogP contribution in [-0.2, 0) is 19.1 Å². The molecule has 3 rings (SSSR count). The molecule has 0 radical (unpaired) electrons. The van der Waals surface area contributed by atoms with Gasteiger partial charge in [0.05, 0.1) is 5.56 Å². The number of carbonyl (C=O) groups excluding carboxylic acids is 2. The summed E-state index contributed by atoms with van der Waals surface area (Å²) in [6.07, 6.45) is -0.334. The van der Waals surface area contributed by atoms with Crippen molar-refractivity contribution in [2.45, 2.75) is 52.4 Å². The second kappa shape index (κ2) is 7.14. The zero-order valence-corrected chi connectivity index (χ0v) is 16.4. The van der Waals surface area contributed by atoms with E-state index >= 15 is 0 Å². The summed E-state index contributed by atoms with van der Waals surface area (Å²) in [5, 5.41) is 0.632. The molecule has 0 spiro atoms. The van der Waals surface area contributed by atoms with Crippen molar-refractivity contribution in [1.29, 1.82) is 0 Å². The van der Waals surface area contributed by atoms with Gasteiger partial charge in [0.2, 0.25) is 0 Å². The zero-order valence-electron chi connectivity index (χ0n) is 16.4. The highest BCUT2D eigenvalue weighted by Crippen LogP contribution is 2.46. The molecule has 0 bridgehead atoms. The summed E-state index contributed by atoms with van der Waals surface area (Å²) in [4.78, 5) is 36.1. The highest BCUT2D eigenvalue weighted by Gasteiger charge is 2.49. The van der Waals surface area contributed by atoms with Crippen LogP contribution in [0.3, 0.4) is 0 Å². The second-order valence-corrected chi connectivity index (χ2v) is 7.18. The number of benzene rings is 1. The van der Waals surface area contributed by atoms with E-state index in [1.54, 1.807) is 52.0 Å². The highest BCUT2D eigenvalue weighted by atomic mass is 16.6. The molecule has 0 saturated carbocycles.